The quantitative estimate of drug-likeness (QED) is 0.205. The van der Waals surface area contributed by atoms with E-state index in [0.29, 0.717) is 0 Å². The summed E-state index contributed by atoms with van der Waals surface area (Å²) in [5, 5.41) is 46.6. The van der Waals surface area contributed by atoms with Crippen molar-refractivity contribution in [2.75, 3.05) is 0 Å². The first kappa shape index (κ1) is 21.2. The molecule has 6 N–H and O–H groups in total. The minimum absolute atomic E-state index is 0. The molecule has 0 aromatic rings. The molecule has 10 nitrogen and oxygen atoms in total. The summed E-state index contributed by atoms with van der Waals surface area (Å²) in [7, 11) is -4.79. The van der Waals surface area contributed by atoms with Crippen molar-refractivity contribution < 1.29 is 49.5 Å². The van der Waals surface area contributed by atoms with E-state index in [1.54, 1.807) is 0 Å². The van der Waals surface area contributed by atoms with Gasteiger partial charge in [0, 0.05) is 18.9 Å². The van der Waals surface area contributed by atoms with Gasteiger partial charge in [0.2, 0.25) is 0 Å². The van der Waals surface area contributed by atoms with E-state index >= 15 is 0 Å². The van der Waals surface area contributed by atoms with E-state index in [2.05, 4.69) is 0 Å². The predicted molar refractivity (Wildman–Crippen MR) is 51.4 cm³/mol. The standard InChI is InChI=1S/2C2H3BO5.Li/c2*4-1(2(5)6)3(7)8;/h2*7-8H,(H,5,6);. The van der Waals surface area contributed by atoms with E-state index < -0.39 is 37.5 Å². The first-order valence-corrected chi connectivity index (χ1v) is 3.37. The third-order valence-corrected chi connectivity index (χ3v) is 0.891. The van der Waals surface area contributed by atoms with Gasteiger partial charge in [0.25, 0.3) is 11.4 Å². The van der Waals surface area contributed by atoms with Gasteiger partial charge in [-0.15, -0.1) is 0 Å². The van der Waals surface area contributed by atoms with Crippen molar-refractivity contribution >= 4 is 56.4 Å². The van der Waals surface area contributed by atoms with E-state index in [-0.39, 0.29) is 18.9 Å². The molecule has 17 heavy (non-hydrogen) atoms. The number of carbonyl (C=O) groups excluding carboxylic acids is 2. The molecule has 1 radical (unpaired) electrons. The van der Waals surface area contributed by atoms with Crippen molar-refractivity contribution in [3.63, 3.8) is 0 Å². The molecule has 0 aliphatic carbocycles. The number of hydrogen-bond donors (Lipinski definition) is 6. The fourth-order valence-corrected chi connectivity index (χ4v) is 0.221. The molecule has 0 fully saturated rings. The maximum atomic E-state index is 9.74. The van der Waals surface area contributed by atoms with E-state index in [1.807, 2.05) is 0 Å². The van der Waals surface area contributed by atoms with E-state index in [9.17, 15) is 19.2 Å². The smallest absolute Gasteiger partial charge is 0.476 e. The molecule has 0 aromatic carbocycles. The summed E-state index contributed by atoms with van der Waals surface area (Å²) < 4.78 is 0. The fraction of sp³-hybridized carbons (Fsp3) is 0. The Morgan fingerprint density at radius 1 is 0.647 bits per heavy atom. The third kappa shape index (κ3) is 11.1. The molecule has 0 saturated carbocycles. The normalized spacial score (nSPS) is 7.76. The fourth-order valence-electron chi connectivity index (χ4n) is 0.221. The molecule has 0 rings (SSSR count). The molecule has 0 saturated heterocycles. The van der Waals surface area contributed by atoms with Crippen molar-refractivity contribution in [3.05, 3.63) is 0 Å². The van der Waals surface area contributed by atoms with Gasteiger partial charge >= 0.3 is 26.2 Å². The summed E-state index contributed by atoms with van der Waals surface area (Å²) in [6.45, 7) is 0. The molecule has 0 atom stereocenters. The minimum atomic E-state index is -2.40. The number of carbonyl (C=O) groups is 4. The summed E-state index contributed by atoms with van der Waals surface area (Å²) in [5.41, 5.74) is -3.24. The Bertz CT molecular complexity index is 271. The molecule has 0 aliphatic rings. The Balaban J connectivity index is -0.000000218. The van der Waals surface area contributed by atoms with Gasteiger partial charge in [0.1, 0.15) is 0 Å². The first-order valence-electron chi connectivity index (χ1n) is 3.37. The van der Waals surface area contributed by atoms with Crippen LogP contribution in [0, 0.1) is 0 Å². The molecule has 0 spiro atoms. The average molecular weight is 243 g/mol. The Morgan fingerprint density at radius 2 is 0.824 bits per heavy atom. The van der Waals surface area contributed by atoms with Crippen molar-refractivity contribution in [2.45, 2.75) is 0 Å². The maximum Gasteiger partial charge on any atom is 0.541 e. The second kappa shape index (κ2) is 10.0. The molecule has 0 bridgehead atoms. The van der Waals surface area contributed by atoms with E-state index in [1.165, 1.54) is 0 Å². The van der Waals surface area contributed by atoms with Crippen LogP contribution in [0.1, 0.15) is 0 Å². The van der Waals surface area contributed by atoms with Gasteiger partial charge < -0.3 is 30.3 Å². The zero-order valence-electron chi connectivity index (χ0n) is 8.47. The van der Waals surface area contributed by atoms with Crippen LogP contribution in [0.4, 0.5) is 0 Å². The second-order valence-corrected chi connectivity index (χ2v) is 2.09. The zero-order chi connectivity index (χ0) is 13.5. The molecule has 13 heteroatoms. The van der Waals surface area contributed by atoms with Crippen LogP contribution in [0.25, 0.3) is 0 Å². The Kier molecular flexibility index (Phi) is 12.5. The van der Waals surface area contributed by atoms with Gasteiger partial charge in [-0.1, -0.05) is 0 Å². The van der Waals surface area contributed by atoms with Crippen LogP contribution in [-0.4, -0.2) is 86.7 Å². The molecule has 0 heterocycles. The third-order valence-electron chi connectivity index (χ3n) is 0.891. The largest absolute Gasteiger partial charge is 0.541 e. The number of rotatable bonds is 4. The van der Waals surface area contributed by atoms with Crippen molar-refractivity contribution in [1.29, 1.82) is 0 Å². The van der Waals surface area contributed by atoms with Crippen LogP contribution in [0.2, 0.25) is 0 Å². The van der Waals surface area contributed by atoms with Crippen molar-refractivity contribution in [2.24, 2.45) is 0 Å². The Morgan fingerprint density at radius 3 is 0.824 bits per heavy atom. The number of carboxylic acid groups (broad SMARTS) is 2. The van der Waals surface area contributed by atoms with E-state index in [4.69, 9.17) is 30.3 Å². The predicted octanol–water partition coefficient (Wildman–Crippen LogP) is -5.08. The molecule has 0 aromatic heterocycles. The summed E-state index contributed by atoms with van der Waals surface area (Å²) >= 11 is 0. The topological polar surface area (TPSA) is 190 Å². The molecule has 0 unspecified atom stereocenters. The number of carboxylic acids is 2. The van der Waals surface area contributed by atoms with Crippen LogP contribution >= 0.6 is 0 Å². The van der Waals surface area contributed by atoms with Crippen LogP contribution in [-0.2, 0) is 19.2 Å². The zero-order valence-corrected chi connectivity index (χ0v) is 8.47. The summed E-state index contributed by atoms with van der Waals surface area (Å²) in [5.74, 6) is -3.69. The van der Waals surface area contributed by atoms with Gasteiger partial charge in [-0.05, 0) is 0 Å². The molecular weight excluding hydrogens is 237 g/mol. The number of hydrogen-bond acceptors (Lipinski definition) is 8. The minimum Gasteiger partial charge on any atom is -0.476 e. The van der Waals surface area contributed by atoms with Gasteiger partial charge in [0.05, 0.1) is 0 Å². The molecule has 0 amide bonds. The van der Waals surface area contributed by atoms with E-state index in [0.717, 1.165) is 0 Å². The average Bonchev–Trinajstić information content (AvgIpc) is 2.15. The number of aliphatic carboxylic acids is 2. The maximum absolute atomic E-state index is 9.74. The van der Waals surface area contributed by atoms with Gasteiger partial charge in [-0.3, -0.25) is 9.59 Å². The van der Waals surface area contributed by atoms with Crippen LogP contribution < -0.4 is 0 Å². The van der Waals surface area contributed by atoms with Crippen LogP contribution in [0.3, 0.4) is 0 Å². The second-order valence-electron chi connectivity index (χ2n) is 2.09. The summed E-state index contributed by atoms with van der Waals surface area (Å²) in [6.07, 6.45) is 0. The summed E-state index contributed by atoms with van der Waals surface area (Å²) in [4.78, 5) is 38.4. The monoisotopic (exact) mass is 243 g/mol. The Labute approximate surface area is 106 Å². The molecular formula is C4H6B2LiO10. The van der Waals surface area contributed by atoms with Gasteiger partial charge in [0.15, 0.2) is 0 Å². The van der Waals surface area contributed by atoms with Crippen molar-refractivity contribution in [3.8, 4) is 0 Å². The van der Waals surface area contributed by atoms with Crippen LogP contribution in [0.15, 0.2) is 0 Å². The summed E-state index contributed by atoms with van der Waals surface area (Å²) in [6, 6.07) is 0. The SMILES string of the molecule is O=C(O)C(=O)B(O)O.O=C(O)C(=O)B(O)O.[Li]. The Hall–Kier alpha value is -1.15. The molecule has 0 aliphatic heterocycles. The van der Waals surface area contributed by atoms with Gasteiger partial charge in [-0.2, -0.15) is 0 Å². The van der Waals surface area contributed by atoms with Crippen molar-refractivity contribution in [1.82, 2.24) is 0 Å². The molecule has 89 valence electrons. The van der Waals surface area contributed by atoms with Gasteiger partial charge in [-0.25, -0.2) is 9.59 Å². The van der Waals surface area contributed by atoms with Crippen LogP contribution in [0.5, 0.6) is 0 Å². The first-order chi connectivity index (χ1) is 7.11.